The Hall–Kier alpha value is -0.820. The second kappa shape index (κ2) is 7.09. The molecule has 1 aliphatic rings. The lowest BCUT2D eigenvalue weighted by Gasteiger charge is -2.26. The molecule has 1 aromatic carbocycles. The van der Waals surface area contributed by atoms with Crippen LogP contribution in [0.25, 0.3) is 0 Å². The maximum absolute atomic E-state index is 3.65. The summed E-state index contributed by atoms with van der Waals surface area (Å²) in [6.45, 7) is 9.04. The summed E-state index contributed by atoms with van der Waals surface area (Å²) in [4.78, 5) is 0. The van der Waals surface area contributed by atoms with E-state index in [2.05, 4.69) is 44.3 Å². The van der Waals surface area contributed by atoms with Gasteiger partial charge in [0.2, 0.25) is 0 Å². The fourth-order valence-corrected chi connectivity index (χ4v) is 3.47. The molecule has 0 bridgehead atoms. The lowest BCUT2D eigenvalue weighted by atomic mass is 9.81. The van der Waals surface area contributed by atoms with Gasteiger partial charge in [-0.2, -0.15) is 0 Å². The lowest BCUT2D eigenvalue weighted by Crippen LogP contribution is -2.21. The molecule has 0 aromatic heterocycles. The Bertz CT molecular complexity index is 376. The van der Waals surface area contributed by atoms with E-state index in [1.807, 2.05) is 0 Å². The van der Waals surface area contributed by atoms with E-state index in [1.54, 1.807) is 0 Å². The van der Waals surface area contributed by atoms with Crippen LogP contribution in [0.1, 0.15) is 55.7 Å². The SMILES string of the molecule is Cc1cccc(C)c1CNCCC1CCCC(C)C1. The average Bonchev–Trinajstić information content (AvgIpc) is 2.37. The van der Waals surface area contributed by atoms with Crippen LogP contribution in [0.5, 0.6) is 0 Å². The van der Waals surface area contributed by atoms with Gasteiger partial charge >= 0.3 is 0 Å². The molecule has 1 saturated carbocycles. The van der Waals surface area contributed by atoms with E-state index in [4.69, 9.17) is 0 Å². The molecule has 106 valence electrons. The first-order chi connectivity index (χ1) is 9.16. The number of hydrogen-bond acceptors (Lipinski definition) is 1. The highest BCUT2D eigenvalue weighted by Gasteiger charge is 2.18. The summed E-state index contributed by atoms with van der Waals surface area (Å²) < 4.78 is 0. The van der Waals surface area contributed by atoms with Crippen molar-refractivity contribution in [2.45, 2.75) is 59.4 Å². The molecular formula is C18H29N. The lowest BCUT2D eigenvalue weighted by molar-refractivity contribution is 0.267. The zero-order valence-corrected chi connectivity index (χ0v) is 12.8. The summed E-state index contributed by atoms with van der Waals surface area (Å²) >= 11 is 0. The smallest absolute Gasteiger partial charge is 0.0210 e. The molecule has 1 aromatic rings. The second-order valence-corrected chi connectivity index (χ2v) is 6.47. The Labute approximate surface area is 118 Å². The van der Waals surface area contributed by atoms with Crippen LogP contribution in [0.2, 0.25) is 0 Å². The molecule has 2 unspecified atom stereocenters. The molecule has 2 rings (SSSR count). The molecule has 0 heterocycles. The van der Waals surface area contributed by atoms with Gasteiger partial charge in [0.25, 0.3) is 0 Å². The predicted molar refractivity (Wildman–Crippen MR) is 83.4 cm³/mol. The molecule has 0 spiro atoms. The highest BCUT2D eigenvalue weighted by Crippen LogP contribution is 2.30. The Morgan fingerprint density at radius 1 is 1.16 bits per heavy atom. The van der Waals surface area contributed by atoms with Crippen molar-refractivity contribution < 1.29 is 0 Å². The number of nitrogens with one attached hydrogen (secondary N) is 1. The Balaban J connectivity index is 1.72. The monoisotopic (exact) mass is 259 g/mol. The molecule has 19 heavy (non-hydrogen) atoms. The summed E-state index contributed by atoms with van der Waals surface area (Å²) in [6, 6.07) is 6.58. The molecular weight excluding hydrogens is 230 g/mol. The van der Waals surface area contributed by atoms with E-state index in [0.717, 1.165) is 18.4 Å². The van der Waals surface area contributed by atoms with Gasteiger partial charge in [-0.05, 0) is 61.8 Å². The molecule has 0 amide bonds. The number of aryl methyl sites for hydroxylation is 2. The van der Waals surface area contributed by atoms with Crippen molar-refractivity contribution in [2.24, 2.45) is 11.8 Å². The highest BCUT2D eigenvalue weighted by atomic mass is 14.8. The first-order valence-corrected chi connectivity index (χ1v) is 7.92. The van der Waals surface area contributed by atoms with Crippen molar-refractivity contribution in [1.29, 1.82) is 0 Å². The number of hydrogen-bond donors (Lipinski definition) is 1. The second-order valence-electron chi connectivity index (χ2n) is 6.47. The largest absolute Gasteiger partial charge is 0.313 e. The van der Waals surface area contributed by atoms with Crippen LogP contribution in [0.15, 0.2) is 18.2 Å². The van der Waals surface area contributed by atoms with Gasteiger partial charge in [-0.15, -0.1) is 0 Å². The third-order valence-electron chi connectivity index (χ3n) is 4.72. The molecule has 0 aliphatic heterocycles. The van der Waals surface area contributed by atoms with E-state index >= 15 is 0 Å². The topological polar surface area (TPSA) is 12.0 Å². The van der Waals surface area contributed by atoms with E-state index in [-0.39, 0.29) is 0 Å². The summed E-state index contributed by atoms with van der Waals surface area (Å²) in [5, 5.41) is 3.65. The quantitative estimate of drug-likeness (QED) is 0.761. The van der Waals surface area contributed by atoms with E-state index in [9.17, 15) is 0 Å². The van der Waals surface area contributed by atoms with Gasteiger partial charge in [0.15, 0.2) is 0 Å². The van der Waals surface area contributed by atoms with Gasteiger partial charge in [0, 0.05) is 6.54 Å². The fourth-order valence-electron chi connectivity index (χ4n) is 3.47. The predicted octanol–water partition coefficient (Wildman–Crippen LogP) is 4.61. The molecule has 0 saturated heterocycles. The molecule has 1 nitrogen and oxygen atoms in total. The van der Waals surface area contributed by atoms with Crippen LogP contribution < -0.4 is 5.32 Å². The first kappa shape index (κ1) is 14.6. The zero-order valence-electron chi connectivity index (χ0n) is 12.8. The zero-order chi connectivity index (χ0) is 13.7. The van der Waals surface area contributed by atoms with Crippen LogP contribution in [0.3, 0.4) is 0 Å². The first-order valence-electron chi connectivity index (χ1n) is 7.92. The minimum absolute atomic E-state index is 0.956. The molecule has 1 N–H and O–H groups in total. The van der Waals surface area contributed by atoms with Gasteiger partial charge in [-0.3, -0.25) is 0 Å². The number of benzene rings is 1. The standard InChI is InChI=1S/C18H29N/c1-14-6-4-9-17(12-14)10-11-19-13-18-15(2)7-5-8-16(18)3/h5,7-8,14,17,19H,4,6,9-13H2,1-3H3. The molecule has 1 aliphatic carbocycles. The van der Waals surface area contributed by atoms with Crippen molar-refractivity contribution in [3.8, 4) is 0 Å². The highest BCUT2D eigenvalue weighted by molar-refractivity contribution is 5.33. The van der Waals surface area contributed by atoms with Crippen LogP contribution in [0, 0.1) is 25.7 Å². The van der Waals surface area contributed by atoms with Gasteiger partial charge in [-0.25, -0.2) is 0 Å². The Morgan fingerprint density at radius 2 is 1.89 bits per heavy atom. The maximum Gasteiger partial charge on any atom is 0.0210 e. The van der Waals surface area contributed by atoms with Crippen molar-refractivity contribution in [3.63, 3.8) is 0 Å². The van der Waals surface area contributed by atoms with Crippen molar-refractivity contribution in [2.75, 3.05) is 6.54 Å². The van der Waals surface area contributed by atoms with Gasteiger partial charge in [-0.1, -0.05) is 44.4 Å². The fraction of sp³-hybridized carbons (Fsp3) is 0.667. The van der Waals surface area contributed by atoms with Crippen LogP contribution in [0.4, 0.5) is 0 Å². The third kappa shape index (κ3) is 4.35. The molecule has 1 heteroatoms. The molecule has 2 atom stereocenters. The normalized spacial score (nSPS) is 23.5. The van der Waals surface area contributed by atoms with Crippen LogP contribution in [-0.2, 0) is 6.54 Å². The minimum atomic E-state index is 0.956. The van der Waals surface area contributed by atoms with Crippen molar-refractivity contribution in [1.82, 2.24) is 5.32 Å². The average molecular weight is 259 g/mol. The summed E-state index contributed by atoms with van der Waals surface area (Å²) in [6.07, 6.45) is 7.16. The Morgan fingerprint density at radius 3 is 2.58 bits per heavy atom. The summed E-state index contributed by atoms with van der Waals surface area (Å²) in [7, 11) is 0. The van der Waals surface area contributed by atoms with E-state index < -0.39 is 0 Å². The van der Waals surface area contributed by atoms with E-state index in [0.29, 0.717) is 0 Å². The van der Waals surface area contributed by atoms with E-state index in [1.165, 1.54) is 55.3 Å². The van der Waals surface area contributed by atoms with Gasteiger partial charge in [0.05, 0.1) is 0 Å². The van der Waals surface area contributed by atoms with Gasteiger partial charge in [0.1, 0.15) is 0 Å². The Kier molecular flexibility index (Phi) is 5.45. The molecule has 1 fully saturated rings. The number of rotatable bonds is 5. The maximum atomic E-state index is 3.65. The van der Waals surface area contributed by atoms with Gasteiger partial charge < -0.3 is 5.32 Å². The van der Waals surface area contributed by atoms with Crippen molar-refractivity contribution in [3.05, 3.63) is 34.9 Å². The summed E-state index contributed by atoms with van der Waals surface area (Å²) in [5.74, 6) is 1.92. The van der Waals surface area contributed by atoms with Crippen LogP contribution in [-0.4, -0.2) is 6.54 Å². The molecule has 0 radical (unpaired) electrons. The third-order valence-corrected chi connectivity index (χ3v) is 4.72. The van der Waals surface area contributed by atoms with Crippen LogP contribution >= 0.6 is 0 Å². The minimum Gasteiger partial charge on any atom is -0.313 e. The summed E-state index contributed by atoms with van der Waals surface area (Å²) in [5.41, 5.74) is 4.32. The van der Waals surface area contributed by atoms with Crippen molar-refractivity contribution >= 4 is 0 Å².